The number of fused-ring (bicyclic) bond motifs is 1. The molecule has 0 radical (unpaired) electrons. The predicted molar refractivity (Wildman–Crippen MR) is 105 cm³/mol. The molecule has 0 aromatic heterocycles. The number of rotatable bonds is 5. The third kappa shape index (κ3) is 4.30. The van der Waals surface area contributed by atoms with Gasteiger partial charge in [-0.3, -0.25) is 4.79 Å². The van der Waals surface area contributed by atoms with Gasteiger partial charge in [0.05, 0.1) is 6.04 Å². The number of anilines is 1. The average Bonchev–Trinajstić information content (AvgIpc) is 2.66. The summed E-state index contributed by atoms with van der Waals surface area (Å²) in [5.74, 6) is -0.0681. The van der Waals surface area contributed by atoms with E-state index in [1.54, 1.807) is 6.08 Å². The summed E-state index contributed by atoms with van der Waals surface area (Å²) in [4.78, 5) is 14.6. The Morgan fingerprint density at radius 3 is 2.80 bits per heavy atom. The van der Waals surface area contributed by atoms with E-state index in [4.69, 9.17) is 0 Å². The highest BCUT2D eigenvalue weighted by Gasteiger charge is 2.17. The van der Waals surface area contributed by atoms with Crippen LogP contribution in [0.15, 0.2) is 54.6 Å². The number of hydrogen-bond donors (Lipinski definition) is 1. The highest BCUT2D eigenvalue weighted by atomic mass is 16.1. The zero-order valence-electron chi connectivity index (χ0n) is 15.0. The fourth-order valence-corrected chi connectivity index (χ4v) is 3.35. The van der Waals surface area contributed by atoms with E-state index in [2.05, 4.69) is 35.3 Å². The molecule has 1 N–H and O–H groups in total. The van der Waals surface area contributed by atoms with Gasteiger partial charge < -0.3 is 10.2 Å². The summed E-state index contributed by atoms with van der Waals surface area (Å²) in [5, 5.41) is 3.06. The van der Waals surface area contributed by atoms with Crippen molar-refractivity contribution in [1.29, 1.82) is 0 Å². The molecule has 0 fully saturated rings. The molecule has 2 aromatic carbocycles. The second-order valence-corrected chi connectivity index (χ2v) is 6.55. The quantitative estimate of drug-likeness (QED) is 0.825. The maximum absolute atomic E-state index is 12.2. The van der Waals surface area contributed by atoms with Gasteiger partial charge in [0.2, 0.25) is 5.91 Å². The second kappa shape index (κ2) is 8.02. The first-order valence-electron chi connectivity index (χ1n) is 9.08. The van der Waals surface area contributed by atoms with Gasteiger partial charge in [-0.15, -0.1) is 0 Å². The SMILES string of the molecule is CCN1CCCc2ccc(C(C)NC(=O)/C=C\c3ccccc3)cc21. The molecule has 1 atom stereocenters. The summed E-state index contributed by atoms with van der Waals surface area (Å²) >= 11 is 0. The maximum Gasteiger partial charge on any atom is 0.244 e. The normalized spacial score (nSPS) is 15.0. The third-order valence-electron chi connectivity index (χ3n) is 4.79. The van der Waals surface area contributed by atoms with E-state index in [1.807, 2.05) is 43.3 Å². The molecule has 1 aliphatic rings. The van der Waals surface area contributed by atoms with Gasteiger partial charge in [0, 0.05) is 24.9 Å². The fourth-order valence-electron chi connectivity index (χ4n) is 3.35. The van der Waals surface area contributed by atoms with E-state index in [9.17, 15) is 4.79 Å². The van der Waals surface area contributed by atoms with Gasteiger partial charge in [0.1, 0.15) is 0 Å². The standard InChI is InChI=1S/C22H26N2O/c1-3-24-15-7-10-19-12-13-20(16-21(19)24)17(2)23-22(25)14-11-18-8-5-4-6-9-18/h4-6,8-9,11-14,16-17H,3,7,10,15H2,1-2H3,(H,23,25)/b14-11-. The van der Waals surface area contributed by atoms with Crippen molar-refractivity contribution in [1.82, 2.24) is 5.32 Å². The van der Waals surface area contributed by atoms with E-state index >= 15 is 0 Å². The van der Waals surface area contributed by atoms with E-state index in [0.29, 0.717) is 0 Å². The Morgan fingerprint density at radius 1 is 1.24 bits per heavy atom. The number of nitrogens with zero attached hydrogens (tertiary/aromatic N) is 1. The van der Waals surface area contributed by atoms with Gasteiger partial charge in [0.15, 0.2) is 0 Å². The number of amides is 1. The number of benzene rings is 2. The second-order valence-electron chi connectivity index (χ2n) is 6.55. The van der Waals surface area contributed by atoms with Crippen molar-refractivity contribution in [3.05, 3.63) is 71.3 Å². The molecule has 0 aliphatic carbocycles. The topological polar surface area (TPSA) is 32.3 Å². The van der Waals surface area contributed by atoms with Crippen LogP contribution < -0.4 is 10.2 Å². The molecule has 3 rings (SSSR count). The van der Waals surface area contributed by atoms with Crippen molar-refractivity contribution in [2.45, 2.75) is 32.7 Å². The lowest BCUT2D eigenvalue weighted by molar-refractivity contribution is -0.117. The lowest BCUT2D eigenvalue weighted by Crippen LogP contribution is -2.30. The minimum atomic E-state index is -0.0681. The molecular weight excluding hydrogens is 308 g/mol. The van der Waals surface area contributed by atoms with Crippen molar-refractivity contribution in [3.8, 4) is 0 Å². The molecule has 1 aliphatic heterocycles. The number of nitrogens with one attached hydrogen (secondary N) is 1. The summed E-state index contributed by atoms with van der Waals surface area (Å²) in [6.07, 6.45) is 5.81. The van der Waals surface area contributed by atoms with Crippen LogP contribution in [0.25, 0.3) is 6.08 Å². The Morgan fingerprint density at radius 2 is 2.04 bits per heavy atom. The van der Waals surface area contributed by atoms with Crippen LogP contribution in [0.2, 0.25) is 0 Å². The molecule has 0 saturated heterocycles. The zero-order chi connectivity index (χ0) is 17.6. The van der Waals surface area contributed by atoms with Gasteiger partial charge in [-0.1, -0.05) is 42.5 Å². The largest absolute Gasteiger partial charge is 0.372 e. The summed E-state index contributed by atoms with van der Waals surface area (Å²) < 4.78 is 0. The summed E-state index contributed by atoms with van der Waals surface area (Å²) in [6.45, 7) is 6.38. The molecule has 1 heterocycles. The molecule has 1 unspecified atom stereocenters. The first-order chi connectivity index (χ1) is 12.2. The first kappa shape index (κ1) is 17.3. The molecule has 0 spiro atoms. The van der Waals surface area contributed by atoms with Crippen molar-refractivity contribution in [2.75, 3.05) is 18.0 Å². The number of carbonyl (C=O) groups is 1. The van der Waals surface area contributed by atoms with Crippen molar-refractivity contribution in [3.63, 3.8) is 0 Å². The Kier molecular flexibility index (Phi) is 5.54. The van der Waals surface area contributed by atoms with Crippen molar-refractivity contribution < 1.29 is 4.79 Å². The summed E-state index contributed by atoms with van der Waals surface area (Å²) in [6, 6.07) is 16.4. The van der Waals surface area contributed by atoms with Crippen LogP contribution in [-0.2, 0) is 11.2 Å². The van der Waals surface area contributed by atoms with Crippen molar-refractivity contribution in [2.24, 2.45) is 0 Å². The van der Waals surface area contributed by atoms with Crippen LogP contribution in [0.1, 0.15) is 43.0 Å². The zero-order valence-corrected chi connectivity index (χ0v) is 15.0. The molecule has 3 nitrogen and oxygen atoms in total. The van der Waals surface area contributed by atoms with Crippen LogP contribution in [-0.4, -0.2) is 19.0 Å². The summed E-state index contributed by atoms with van der Waals surface area (Å²) in [5.41, 5.74) is 4.92. The van der Waals surface area contributed by atoms with E-state index in [1.165, 1.54) is 17.7 Å². The number of hydrogen-bond acceptors (Lipinski definition) is 2. The fraction of sp³-hybridized carbons (Fsp3) is 0.318. The average molecular weight is 334 g/mol. The molecule has 2 aromatic rings. The van der Waals surface area contributed by atoms with Crippen LogP contribution in [0, 0.1) is 0 Å². The van der Waals surface area contributed by atoms with Gasteiger partial charge in [-0.05, 0) is 55.5 Å². The molecule has 0 saturated carbocycles. The Labute approximate surface area is 150 Å². The molecular formula is C22H26N2O. The summed E-state index contributed by atoms with van der Waals surface area (Å²) in [7, 11) is 0. The van der Waals surface area contributed by atoms with E-state index < -0.39 is 0 Å². The van der Waals surface area contributed by atoms with Gasteiger partial charge in [-0.2, -0.15) is 0 Å². The third-order valence-corrected chi connectivity index (χ3v) is 4.79. The van der Waals surface area contributed by atoms with Crippen LogP contribution in [0.5, 0.6) is 0 Å². The highest BCUT2D eigenvalue weighted by Crippen LogP contribution is 2.29. The van der Waals surface area contributed by atoms with Crippen LogP contribution >= 0.6 is 0 Å². The predicted octanol–water partition coefficient (Wildman–Crippen LogP) is 4.35. The Balaban J connectivity index is 1.68. The first-order valence-corrected chi connectivity index (χ1v) is 9.08. The minimum absolute atomic E-state index is 0.0149. The van der Waals surface area contributed by atoms with Gasteiger partial charge >= 0.3 is 0 Å². The number of carbonyl (C=O) groups excluding carboxylic acids is 1. The molecule has 1 amide bonds. The Bertz CT molecular complexity index is 752. The molecule has 3 heteroatoms. The van der Waals surface area contributed by atoms with E-state index in [0.717, 1.165) is 30.6 Å². The lowest BCUT2D eigenvalue weighted by atomic mass is 9.97. The van der Waals surface area contributed by atoms with Crippen LogP contribution in [0.3, 0.4) is 0 Å². The highest BCUT2D eigenvalue weighted by molar-refractivity contribution is 5.92. The van der Waals surface area contributed by atoms with Crippen LogP contribution in [0.4, 0.5) is 5.69 Å². The van der Waals surface area contributed by atoms with Gasteiger partial charge in [-0.25, -0.2) is 0 Å². The lowest BCUT2D eigenvalue weighted by Gasteiger charge is -2.31. The van der Waals surface area contributed by atoms with Gasteiger partial charge in [0.25, 0.3) is 0 Å². The minimum Gasteiger partial charge on any atom is -0.372 e. The molecule has 25 heavy (non-hydrogen) atoms. The smallest absolute Gasteiger partial charge is 0.244 e. The molecule has 130 valence electrons. The molecule has 0 bridgehead atoms. The monoisotopic (exact) mass is 334 g/mol. The number of aryl methyl sites for hydroxylation is 1. The van der Waals surface area contributed by atoms with Crippen molar-refractivity contribution >= 4 is 17.7 Å². The Hall–Kier alpha value is -2.55. The maximum atomic E-state index is 12.2. The van der Waals surface area contributed by atoms with E-state index in [-0.39, 0.29) is 11.9 Å².